The van der Waals surface area contributed by atoms with E-state index in [1.807, 2.05) is 30.3 Å². The molecule has 0 saturated carbocycles. The van der Waals surface area contributed by atoms with Crippen LogP contribution in [0.25, 0.3) is 0 Å². The number of piperidine rings is 1. The average Bonchev–Trinajstić information content (AvgIpc) is 2.79. The highest BCUT2D eigenvalue weighted by molar-refractivity contribution is 9.09. The van der Waals surface area contributed by atoms with Crippen molar-refractivity contribution in [2.75, 3.05) is 12.1 Å². The number of halogens is 1. The molecule has 2 aliphatic rings. The summed E-state index contributed by atoms with van der Waals surface area (Å²) in [4.78, 5) is 14.9. The Morgan fingerprint density at radius 2 is 1.91 bits per heavy atom. The van der Waals surface area contributed by atoms with E-state index in [4.69, 9.17) is 4.74 Å². The topological polar surface area (TPSA) is 49.8 Å². The quantitative estimate of drug-likeness (QED) is 0.493. The Kier molecular flexibility index (Phi) is 5.16. The second kappa shape index (κ2) is 7.11. The van der Waals surface area contributed by atoms with Crippen LogP contribution in [-0.4, -0.2) is 46.2 Å². The van der Waals surface area contributed by atoms with Gasteiger partial charge in [0, 0.05) is 24.9 Å². The number of benzene rings is 1. The van der Waals surface area contributed by atoms with Crippen molar-refractivity contribution in [1.29, 1.82) is 0 Å². The second-order valence-corrected chi connectivity index (χ2v) is 6.70. The normalized spacial score (nSPS) is 29.3. The molecule has 2 fully saturated rings. The number of aliphatic hydroxyl groups excluding tert-OH is 1. The Morgan fingerprint density at radius 1 is 1.27 bits per heavy atom. The lowest BCUT2D eigenvalue weighted by molar-refractivity contribution is -0.155. The summed E-state index contributed by atoms with van der Waals surface area (Å²) in [6, 6.07) is 10.4. The highest BCUT2D eigenvalue weighted by atomic mass is 79.9. The van der Waals surface area contributed by atoms with Crippen LogP contribution in [0, 0.1) is 0 Å². The number of rotatable bonds is 5. The van der Waals surface area contributed by atoms with Gasteiger partial charge in [-0.1, -0.05) is 46.3 Å². The van der Waals surface area contributed by atoms with Gasteiger partial charge in [0.2, 0.25) is 0 Å². The van der Waals surface area contributed by atoms with Crippen molar-refractivity contribution >= 4 is 21.9 Å². The first-order chi connectivity index (χ1) is 10.7. The van der Waals surface area contributed by atoms with E-state index in [1.165, 1.54) is 12.8 Å². The molecule has 1 aromatic rings. The fourth-order valence-corrected chi connectivity index (χ4v) is 4.58. The summed E-state index contributed by atoms with van der Waals surface area (Å²) in [5, 5.41) is 9.56. The monoisotopic (exact) mass is 367 g/mol. The first-order valence-corrected chi connectivity index (χ1v) is 9.03. The summed E-state index contributed by atoms with van der Waals surface area (Å²) < 4.78 is 5.73. The first kappa shape index (κ1) is 16.0. The van der Waals surface area contributed by atoms with Crippen LogP contribution in [0.2, 0.25) is 0 Å². The molecule has 0 aliphatic carbocycles. The average molecular weight is 368 g/mol. The molecule has 0 aromatic heterocycles. The third-order valence-corrected chi connectivity index (χ3v) is 5.51. The highest BCUT2D eigenvalue weighted by Crippen LogP contribution is 2.37. The first-order valence-electron chi connectivity index (χ1n) is 7.91. The Balaban J connectivity index is 1.62. The minimum Gasteiger partial charge on any atom is -0.462 e. The van der Waals surface area contributed by atoms with Crippen molar-refractivity contribution < 1.29 is 14.6 Å². The van der Waals surface area contributed by atoms with Crippen molar-refractivity contribution in [2.45, 2.75) is 49.8 Å². The summed E-state index contributed by atoms with van der Waals surface area (Å²) >= 11 is 3.55. The SMILES string of the molecule is O=C(OC1C[C@H]2CC[C@@H](C1)N2CBr)C(CO)c1ccccc1. The molecule has 4 atom stereocenters. The molecule has 1 N–H and O–H groups in total. The van der Waals surface area contributed by atoms with Crippen molar-refractivity contribution in [3.05, 3.63) is 35.9 Å². The standard InChI is InChI=1S/C17H22BrNO3/c18-11-19-13-6-7-14(19)9-15(8-13)22-17(21)16(10-20)12-4-2-1-3-5-12/h1-5,13-16,20H,6-11H2/t13-,14+,15?,16?. The van der Waals surface area contributed by atoms with Gasteiger partial charge in [-0.3, -0.25) is 9.69 Å². The summed E-state index contributed by atoms with van der Waals surface area (Å²) in [6.07, 6.45) is 4.17. The third-order valence-electron chi connectivity index (χ3n) is 4.93. The number of aliphatic hydroxyl groups is 1. The zero-order valence-electron chi connectivity index (χ0n) is 12.5. The molecular formula is C17H22BrNO3. The van der Waals surface area contributed by atoms with Crippen LogP contribution in [-0.2, 0) is 9.53 Å². The van der Waals surface area contributed by atoms with Gasteiger partial charge in [0.1, 0.15) is 12.0 Å². The van der Waals surface area contributed by atoms with Gasteiger partial charge in [-0.25, -0.2) is 0 Å². The number of carbonyl (C=O) groups excluding carboxylic acids is 1. The van der Waals surface area contributed by atoms with Crippen LogP contribution >= 0.6 is 15.9 Å². The van der Waals surface area contributed by atoms with Gasteiger partial charge < -0.3 is 9.84 Å². The molecule has 22 heavy (non-hydrogen) atoms. The van der Waals surface area contributed by atoms with Crippen LogP contribution in [0.15, 0.2) is 30.3 Å². The molecule has 2 unspecified atom stereocenters. The minimum absolute atomic E-state index is 0.0157. The van der Waals surface area contributed by atoms with Crippen LogP contribution in [0.1, 0.15) is 37.2 Å². The Hall–Kier alpha value is -0.910. The predicted octanol–water partition coefficient (Wildman–Crippen LogP) is 2.65. The molecule has 3 rings (SSSR count). The fourth-order valence-electron chi connectivity index (χ4n) is 3.76. The van der Waals surface area contributed by atoms with Gasteiger partial charge in [-0.15, -0.1) is 0 Å². The maximum absolute atomic E-state index is 12.4. The van der Waals surface area contributed by atoms with E-state index >= 15 is 0 Å². The number of hydrogen-bond donors (Lipinski definition) is 1. The van der Waals surface area contributed by atoms with Crippen molar-refractivity contribution in [2.24, 2.45) is 0 Å². The Labute approximate surface area is 139 Å². The number of carbonyl (C=O) groups is 1. The fraction of sp³-hybridized carbons (Fsp3) is 0.588. The van der Waals surface area contributed by atoms with E-state index in [9.17, 15) is 9.90 Å². The van der Waals surface area contributed by atoms with Crippen molar-refractivity contribution in [3.8, 4) is 0 Å². The third kappa shape index (κ3) is 3.21. The molecule has 2 aliphatic heterocycles. The highest BCUT2D eigenvalue weighted by Gasteiger charge is 2.41. The van der Waals surface area contributed by atoms with E-state index in [1.54, 1.807) is 0 Å². The van der Waals surface area contributed by atoms with Gasteiger partial charge >= 0.3 is 5.97 Å². The van der Waals surface area contributed by atoms with E-state index in [2.05, 4.69) is 20.8 Å². The summed E-state index contributed by atoms with van der Waals surface area (Å²) in [6.45, 7) is -0.212. The number of nitrogens with zero attached hydrogens (tertiary/aromatic N) is 1. The largest absolute Gasteiger partial charge is 0.462 e. The maximum Gasteiger partial charge on any atom is 0.316 e. The van der Waals surface area contributed by atoms with E-state index in [-0.39, 0.29) is 18.7 Å². The van der Waals surface area contributed by atoms with E-state index < -0.39 is 5.92 Å². The Morgan fingerprint density at radius 3 is 2.45 bits per heavy atom. The van der Waals surface area contributed by atoms with Gasteiger partial charge in [-0.05, 0) is 18.4 Å². The van der Waals surface area contributed by atoms with Gasteiger partial charge in [0.15, 0.2) is 0 Å². The zero-order chi connectivity index (χ0) is 15.5. The van der Waals surface area contributed by atoms with Gasteiger partial charge in [-0.2, -0.15) is 0 Å². The molecule has 4 nitrogen and oxygen atoms in total. The van der Waals surface area contributed by atoms with Crippen LogP contribution in [0.5, 0.6) is 0 Å². The predicted molar refractivity (Wildman–Crippen MR) is 87.8 cm³/mol. The summed E-state index contributed by atoms with van der Waals surface area (Å²) in [7, 11) is 0. The lowest BCUT2D eigenvalue weighted by Gasteiger charge is -2.37. The number of ether oxygens (including phenoxy) is 1. The molecule has 0 radical (unpaired) electrons. The number of fused-ring (bicyclic) bond motifs is 2. The number of hydrogen-bond acceptors (Lipinski definition) is 4. The summed E-state index contributed by atoms with van der Waals surface area (Å²) in [5.74, 6) is -0.876. The van der Waals surface area contributed by atoms with Crippen LogP contribution in [0.3, 0.4) is 0 Å². The molecule has 2 bridgehead atoms. The number of esters is 1. The van der Waals surface area contributed by atoms with Gasteiger partial charge in [0.05, 0.1) is 12.1 Å². The number of alkyl halides is 1. The molecule has 120 valence electrons. The molecule has 5 heteroatoms. The molecule has 0 amide bonds. The maximum atomic E-state index is 12.4. The molecule has 0 spiro atoms. The van der Waals surface area contributed by atoms with Crippen molar-refractivity contribution in [1.82, 2.24) is 4.90 Å². The lowest BCUT2D eigenvalue weighted by atomic mass is 9.98. The molecular weight excluding hydrogens is 346 g/mol. The summed E-state index contributed by atoms with van der Waals surface area (Å²) in [5.41, 5.74) is 1.71. The van der Waals surface area contributed by atoms with Crippen LogP contribution < -0.4 is 0 Å². The molecule has 2 heterocycles. The Bertz CT molecular complexity index is 496. The van der Waals surface area contributed by atoms with Crippen LogP contribution in [0.4, 0.5) is 0 Å². The van der Waals surface area contributed by atoms with Gasteiger partial charge in [0.25, 0.3) is 0 Å². The molecule has 2 saturated heterocycles. The van der Waals surface area contributed by atoms with E-state index in [0.717, 1.165) is 23.9 Å². The smallest absolute Gasteiger partial charge is 0.316 e. The van der Waals surface area contributed by atoms with E-state index in [0.29, 0.717) is 12.1 Å². The zero-order valence-corrected chi connectivity index (χ0v) is 14.1. The lowest BCUT2D eigenvalue weighted by Crippen LogP contribution is -2.45. The second-order valence-electron chi connectivity index (χ2n) is 6.19. The minimum atomic E-state index is -0.576. The van der Waals surface area contributed by atoms with Crippen molar-refractivity contribution in [3.63, 3.8) is 0 Å². The molecule has 1 aromatic carbocycles.